The van der Waals surface area contributed by atoms with Gasteiger partial charge in [-0.15, -0.1) is 6.42 Å². The number of hydrogen-bond donors (Lipinski definition) is 1. The molecule has 1 aromatic rings. The summed E-state index contributed by atoms with van der Waals surface area (Å²) in [4.78, 5) is 14.4. The molecule has 6 nitrogen and oxygen atoms in total. The zero-order valence-corrected chi connectivity index (χ0v) is 11.9. The van der Waals surface area contributed by atoms with E-state index in [1.165, 1.54) is 10.9 Å². The molecular weight excluding hydrogens is 280 g/mol. The lowest BCUT2D eigenvalue weighted by molar-refractivity contribution is 0.0398. The third-order valence-corrected chi connectivity index (χ3v) is 3.36. The third kappa shape index (κ3) is 3.73. The van der Waals surface area contributed by atoms with Gasteiger partial charge >= 0.3 is 0 Å². The minimum Gasteiger partial charge on any atom is -0.379 e. The van der Waals surface area contributed by atoms with Crippen LogP contribution in [0, 0.1) is 12.3 Å². The monoisotopic (exact) mass is 296 g/mol. The number of morpholine rings is 1. The van der Waals surface area contributed by atoms with Gasteiger partial charge in [-0.05, 0) is 0 Å². The van der Waals surface area contributed by atoms with Crippen molar-refractivity contribution < 1.29 is 4.74 Å². The molecule has 0 aromatic carbocycles. The minimum atomic E-state index is -0.294. The second-order valence-corrected chi connectivity index (χ2v) is 4.82. The molecule has 1 aromatic heterocycles. The van der Waals surface area contributed by atoms with Crippen molar-refractivity contribution in [1.82, 2.24) is 14.7 Å². The zero-order valence-electron chi connectivity index (χ0n) is 11.1. The van der Waals surface area contributed by atoms with E-state index in [2.05, 4.69) is 21.2 Å². The summed E-state index contributed by atoms with van der Waals surface area (Å²) < 4.78 is 6.49. The van der Waals surface area contributed by atoms with E-state index in [0.29, 0.717) is 17.3 Å². The van der Waals surface area contributed by atoms with Crippen molar-refractivity contribution >= 4 is 17.3 Å². The lowest BCUT2D eigenvalue weighted by atomic mass is 10.4. The van der Waals surface area contributed by atoms with Crippen molar-refractivity contribution in [2.24, 2.45) is 0 Å². The number of rotatable bonds is 5. The lowest BCUT2D eigenvalue weighted by Crippen LogP contribution is -2.39. The highest BCUT2D eigenvalue weighted by Crippen LogP contribution is 2.14. The molecule has 7 heteroatoms. The van der Waals surface area contributed by atoms with Gasteiger partial charge in [0.25, 0.3) is 5.56 Å². The Labute approximate surface area is 122 Å². The van der Waals surface area contributed by atoms with Crippen molar-refractivity contribution in [3.05, 3.63) is 21.6 Å². The summed E-state index contributed by atoms with van der Waals surface area (Å²) >= 11 is 6.00. The Kier molecular flexibility index (Phi) is 5.41. The average molecular weight is 297 g/mol. The highest BCUT2D eigenvalue weighted by molar-refractivity contribution is 6.32. The molecule has 108 valence electrons. The SMILES string of the molecule is C#CCn1ncc(Cl)c(NCCN2CCOCC2)c1=O. The second-order valence-electron chi connectivity index (χ2n) is 4.42. The van der Waals surface area contributed by atoms with Crippen LogP contribution in [-0.4, -0.2) is 54.1 Å². The molecule has 1 aliphatic rings. The number of halogens is 1. The third-order valence-electron chi connectivity index (χ3n) is 3.07. The smallest absolute Gasteiger partial charge is 0.292 e. The quantitative estimate of drug-likeness (QED) is 0.791. The van der Waals surface area contributed by atoms with Gasteiger partial charge in [0.15, 0.2) is 0 Å². The predicted molar refractivity (Wildman–Crippen MR) is 78.1 cm³/mol. The largest absolute Gasteiger partial charge is 0.379 e. The first-order chi connectivity index (χ1) is 9.72. The molecule has 0 spiro atoms. The van der Waals surface area contributed by atoms with Crippen LogP contribution in [-0.2, 0) is 11.3 Å². The van der Waals surface area contributed by atoms with Crippen LogP contribution in [0.3, 0.4) is 0 Å². The molecule has 0 radical (unpaired) electrons. The van der Waals surface area contributed by atoms with Gasteiger partial charge < -0.3 is 10.1 Å². The van der Waals surface area contributed by atoms with Crippen molar-refractivity contribution in [2.75, 3.05) is 44.7 Å². The van der Waals surface area contributed by atoms with Crippen molar-refractivity contribution in [3.63, 3.8) is 0 Å². The predicted octanol–water partition coefficient (Wildman–Crippen LogP) is 0.274. The number of aromatic nitrogens is 2. The highest BCUT2D eigenvalue weighted by Gasteiger charge is 2.12. The fraction of sp³-hybridized carbons (Fsp3) is 0.538. The normalized spacial score (nSPS) is 15.8. The van der Waals surface area contributed by atoms with E-state index in [0.717, 1.165) is 32.8 Å². The number of nitrogens with one attached hydrogen (secondary N) is 1. The van der Waals surface area contributed by atoms with Crippen LogP contribution in [0.15, 0.2) is 11.0 Å². The standard InChI is InChI=1S/C13H17ClN4O2/c1-2-4-18-13(19)12(11(14)10-16-18)15-3-5-17-6-8-20-9-7-17/h1,10,15H,3-9H2. The first kappa shape index (κ1) is 14.9. The van der Waals surface area contributed by atoms with Crippen molar-refractivity contribution in [1.29, 1.82) is 0 Å². The van der Waals surface area contributed by atoms with Crippen LogP contribution < -0.4 is 10.9 Å². The maximum absolute atomic E-state index is 12.1. The number of nitrogens with zero attached hydrogens (tertiary/aromatic N) is 3. The molecule has 1 fully saturated rings. The molecule has 1 aliphatic heterocycles. The molecule has 0 amide bonds. The molecule has 0 saturated carbocycles. The molecule has 1 N–H and O–H groups in total. The summed E-state index contributed by atoms with van der Waals surface area (Å²) in [6.45, 7) is 4.93. The van der Waals surface area contributed by atoms with Gasteiger partial charge in [0, 0.05) is 26.2 Å². The van der Waals surface area contributed by atoms with E-state index in [9.17, 15) is 4.79 Å². The van der Waals surface area contributed by atoms with E-state index < -0.39 is 0 Å². The Hall–Kier alpha value is -1.55. The summed E-state index contributed by atoms with van der Waals surface area (Å²) in [5.74, 6) is 2.39. The van der Waals surface area contributed by atoms with Gasteiger partial charge in [-0.2, -0.15) is 5.10 Å². The first-order valence-electron chi connectivity index (χ1n) is 6.45. The average Bonchev–Trinajstić information content (AvgIpc) is 2.47. The van der Waals surface area contributed by atoms with Crippen LogP contribution in [0.1, 0.15) is 0 Å². The van der Waals surface area contributed by atoms with Gasteiger partial charge in [-0.25, -0.2) is 4.68 Å². The number of terminal acetylenes is 1. The molecule has 0 unspecified atom stereocenters. The van der Waals surface area contributed by atoms with Crippen LogP contribution in [0.2, 0.25) is 5.02 Å². The maximum Gasteiger partial charge on any atom is 0.292 e. The van der Waals surface area contributed by atoms with Gasteiger partial charge in [0.2, 0.25) is 0 Å². The van der Waals surface area contributed by atoms with Crippen molar-refractivity contribution in [3.8, 4) is 12.3 Å². The van der Waals surface area contributed by atoms with E-state index in [1.54, 1.807) is 0 Å². The van der Waals surface area contributed by atoms with E-state index >= 15 is 0 Å². The molecule has 2 rings (SSSR count). The fourth-order valence-corrected chi connectivity index (χ4v) is 2.18. The number of ether oxygens (including phenoxy) is 1. The van der Waals surface area contributed by atoms with E-state index in [4.69, 9.17) is 22.8 Å². The Balaban J connectivity index is 1.96. The molecule has 0 bridgehead atoms. The van der Waals surface area contributed by atoms with Gasteiger partial charge in [-0.1, -0.05) is 17.5 Å². The minimum absolute atomic E-state index is 0.133. The lowest BCUT2D eigenvalue weighted by Gasteiger charge is -2.26. The molecule has 20 heavy (non-hydrogen) atoms. The van der Waals surface area contributed by atoms with Crippen LogP contribution in [0.5, 0.6) is 0 Å². The Morgan fingerprint density at radius 3 is 2.95 bits per heavy atom. The van der Waals surface area contributed by atoms with Gasteiger partial charge in [-0.3, -0.25) is 9.69 Å². The first-order valence-corrected chi connectivity index (χ1v) is 6.83. The summed E-state index contributed by atoms with van der Waals surface area (Å²) in [7, 11) is 0. The van der Waals surface area contributed by atoms with Crippen LogP contribution >= 0.6 is 11.6 Å². The van der Waals surface area contributed by atoms with Crippen LogP contribution in [0.25, 0.3) is 0 Å². The topological polar surface area (TPSA) is 59.4 Å². The highest BCUT2D eigenvalue weighted by atomic mass is 35.5. The second kappa shape index (κ2) is 7.29. The Morgan fingerprint density at radius 1 is 1.50 bits per heavy atom. The Morgan fingerprint density at radius 2 is 2.25 bits per heavy atom. The number of hydrogen-bond acceptors (Lipinski definition) is 5. The van der Waals surface area contributed by atoms with Gasteiger partial charge in [0.05, 0.1) is 24.4 Å². The zero-order chi connectivity index (χ0) is 14.4. The summed E-state index contributed by atoms with van der Waals surface area (Å²) in [5.41, 5.74) is 0.0580. The number of anilines is 1. The van der Waals surface area contributed by atoms with Crippen LogP contribution in [0.4, 0.5) is 5.69 Å². The van der Waals surface area contributed by atoms with E-state index in [1.807, 2.05) is 0 Å². The fourth-order valence-electron chi connectivity index (χ4n) is 1.99. The summed E-state index contributed by atoms with van der Waals surface area (Å²) in [6.07, 6.45) is 6.62. The van der Waals surface area contributed by atoms with Gasteiger partial charge in [0.1, 0.15) is 12.2 Å². The molecule has 0 aliphatic carbocycles. The van der Waals surface area contributed by atoms with Crippen molar-refractivity contribution in [2.45, 2.75) is 6.54 Å². The summed E-state index contributed by atoms with van der Waals surface area (Å²) in [5, 5.41) is 7.27. The molecule has 1 saturated heterocycles. The molecule has 2 heterocycles. The molecular formula is C13H17ClN4O2. The Bertz CT molecular complexity index is 546. The summed E-state index contributed by atoms with van der Waals surface area (Å²) in [6, 6.07) is 0. The maximum atomic E-state index is 12.1. The van der Waals surface area contributed by atoms with E-state index in [-0.39, 0.29) is 12.1 Å². The molecule has 0 atom stereocenters.